The predicted octanol–water partition coefficient (Wildman–Crippen LogP) is 12.0. The summed E-state index contributed by atoms with van der Waals surface area (Å²) >= 11 is 0. The third-order valence-corrected chi connectivity index (χ3v) is 9.70. The number of benzene rings is 6. The van der Waals surface area contributed by atoms with Gasteiger partial charge in [-0.25, -0.2) is 4.98 Å². The van der Waals surface area contributed by atoms with Crippen molar-refractivity contribution in [3.05, 3.63) is 163 Å². The van der Waals surface area contributed by atoms with Crippen molar-refractivity contribution in [1.82, 2.24) is 4.98 Å². The standard InChI is InChI=1S/C44H31NO/c1-44(2)37-23-21-32(25-36(37)42-38(44)24-22-35-34-15-9-10-16-41(34)46-43(35)42)33-26-39(30-13-7-4-8-14-30)45-40(27-33)31-19-17-29(18-20-31)28-11-5-3-6-12-28/h3-27H,1-2H3. The highest BCUT2D eigenvalue weighted by Gasteiger charge is 2.38. The Morgan fingerprint density at radius 3 is 1.76 bits per heavy atom. The molecule has 0 saturated heterocycles. The normalized spacial score (nSPS) is 13.2. The lowest BCUT2D eigenvalue weighted by Crippen LogP contribution is -2.14. The number of fused-ring (bicyclic) bond motifs is 7. The molecular weight excluding hydrogens is 558 g/mol. The van der Waals surface area contributed by atoms with E-state index in [1.165, 1.54) is 38.8 Å². The molecule has 2 heteroatoms. The van der Waals surface area contributed by atoms with E-state index < -0.39 is 0 Å². The Balaban J connectivity index is 1.22. The van der Waals surface area contributed by atoms with Crippen LogP contribution in [0.5, 0.6) is 0 Å². The topological polar surface area (TPSA) is 26.0 Å². The molecule has 9 rings (SSSR count). The molecule has 8 aromatic rings. The Hall–Kier alpha value is -5.73. The third-order valence-electron chi connectivity index (χ3n) is 9.70. The van der Waals surface area contributed by atoms with E-state index in [2.05, 4.69) is 159 Å². The highest BCUT2D eigenvalue weighted by Crippen LogP contribution is 2.53. The van der Waals surface area contributed by atoms with Crippen molar-refractivity contribution in [2.75, 3.05) is 0 Å². The largest absolute Gasteiger partial charge is 0.455 e. The number of pyridine rings is 1. The lowest BCUT2D eigenvalue weighted by atomic mass is 9.82. The SMILES string of the molecule is CC1(C)c2ccc(-c3cc(-c4ccccc4)nc(-c4ccc(-c5ccccc5)cc4)c3)cc2-c2c1ccc1c2oc2ccccc21. The van der Waals surface area contributed by atoms with Gasteiger partial charge in [0.25, 0.3) is 0 Å². The van der Waals surface area contributed by atoms with Crippen LogP contribution in [-0.4, -0.2) is 4.98 Å². The maximum atomic E-state index is 6.58. The number of para-hydroxylation sites is 1. The summed E-state index contributed by atoms with van der Waals surface area (Å²) in [6.45, 7) is 4.64. The van der Waals surface area contributed by atoms with E-state index in [-0.39, 0.29) is 5.41 Å². The number of nitrogens with zero attached hydrogens (tertiary/aromatic N) is 1. The molecule has 0 N–H and O–H groups in total. The highest BCUT2D eigenvalue weighted by molar-refractivity contribution is 6.12. The molecule has 0 amide bonds. The van der Waals surface area contributed by atoms with Gasteiger partial charge in [0.05, 0.1) is 11.4 Å². The van der Waals surface area contributed by atoms with Crippen LogP contribution in [0.4, 0.5) is 0 Å². The van der Waals surface area contributed by atoms with Crippen LogP contribution in [0.25, 0.3) is 77.8 Å². The molecular formula is C44H31NO. The lowest BCUT2D eigenvalue weighted by Gasteiger charge is -2.21. The van der Waals surface area contributed by atoms with Crippen molar-refractivity contribution in [2.45, 2.75) is 19.3 Å². The lowest BCUT2D eigenvalue weighted by molar-refractivity contribution is 0.653. The average Bonchev–Trinajstić information content (AvgIpc) is 3.61. The number of hydrogen-bond donors (Lipinski definition) is 0. The molecule has 218 valence electrons. The Morgan fingerprint density at radius 2 is 1.02 bits per heavy atom. The van der Waals surface area contributed by atoms with Gasteiger partial charge < -0.3 is 4.42 Å². The van der Waals surface area contributed by atoms with Gasteiger partial charge in [0, 0.05) is 32.9 Å². The fourth-order valence-electron chi connectivity index (χ4n) is 7.26. The van der Waals surface area contributed by atoms with E-state index in [0.29, 0.717) is 0 Å². The molecule has 6 aromatic carbocycles. The molecule has 0 aliphatic heterocycles. The molecule has 1 aliphatic rings. The highest BCUT2D eigenvalue weighted by atomic mass is 16.3. The van der Waals surface area contributed by atoms with Gasteiger partial charge >= 0.3 is 0 Å². The zero-order chi connectivity index (χ0) is 30.8. The van der Waals surface area contributed by atoms with Crippen LogP contribution in [0.1, 0.15) is 25.0 Å². The van der Waals surface area contributed by atoms with Crippen LogP contribution in [0, 0.1) is 0 Å². The van der Waals surface area contributed by atoms with Crippen molar-refractivity contribution >= 4 is 21.9 Å². The predicted molar refractivity (Wildman–Crippen MR) is 191 cm³/mol. The number of furan rings is 1. The second-order valence-corrected chi connectivity index (χ2v) is 12.8. The van der Waals surface area contributed by atoms with Crippen LogP contribution in [0.2, 0.25) is 0 Å². The molecule has 2 aromatic heterocycles. The Kier molecular flexibility index (Phi) is 5.88. The minimum absolute atomic E-state index is 0.130. The summed E-state index contributed by atoms with van der Waals surface area (Å²) in [7, 11) is 0. The van der Waals surface area contributed by atoms with Crippen molar-refractivity contribution in [1.29, 1.82) is 0 Å². The van der Waals surface area contributed by atoms with Gasteiger partial charge in [-0.3, -0.25) is 0 Å². The van der Waals surface area contributed by atoms with Crippen LogP contribution in [0.3, 0.4) is 0 Å². The van der Waals surface area contributed by atoms with E-state index in [9.17, 15) is 0 Å². The molecule has 0 bridgehead atoms. The minimum Gasteiger partial charge on any atom is -0.455 e. The van der Waals surface area contributed by atoms with Crippen molar-refractivity contribution in [2.24, 2.45) is 0 Å². The first-order valence-electron chi connectivity index (χ1n) is 15.9. The van der Waals surface area contributed by atoms with Gasteiger partial charge in [0.15, 0.2) is 0 Å². The van der Waals surface area contributed by atoms with Crippen LogP contribution in [-0.2, 0) is 5.41 Å². The third kappa shape index (κ3) is 4.14. The average molecular weight is 590 g/mol. The smallest absolute Gasteiger partial charge is 0.143 e. The first-order chi connectivity index (χ1) is 22.5. The molecule has 0 atom stereocenters. The Labute approximate surface area is 268 Å². The monoisotopic (exact) mass is 589 g/mol. The van der Waals surface area contributed by atoms with Crippen LogP contribution in [0.15, 0.2) is 156 Å². The van der Waals surface area contributed by atoms with Gasteiger partial charge in [-0.1, -0.05) is 141 Å². The first-order valence-corrected chi connectivity index (χ1v) is 15.9. The summed E-state index contributed by atoms with van der Waals surface area (Å²) < 4.78 is 6.58. The zero-order valence-electron chi connectivity index (χ0n) is 25.8. The molecule has 0 saturated carbocycles. The Morgan fingerprint density at radius 1 is 0.457 bits per heavy atom. The fraction of sp³-hybridized carbons (Fsp3) is 0.0682. The number of rotatable bonds is 4. The van der Waals surface area contributed by atoms with Gasteiger partial charge in [-0.2, -0.15) is 0 Å². The molecule has 0 spiro atoms. The first kappa shape index (κ1) is 26.7. The van der Waals surface area contributed by atoms with Gasteiger partial charge in [-0.05, 0) is 63.2 Å². The summed E-state index contributed by atoms with van der Waals surface area (Å²) in [5, 5.41) is 2.33. The van der Waals surface area contributed by atoms with E-state index in [0.717, 1.165) is 50.2 Å². The zero-order valence-corrected chi connectivity index (χ0v) is 25.8. The van der Waals surface area contributed by atoms with E-state index in [4.69, 9.17) is 9.40 Å². The number of aromatic nitrogens is 1. The molecule has 0 radical (unpaired) electrons. The molecule has 2 nitrogen and oxygen atoms in total. The van der Waals surface area contributed by atoms with Crippen LogP contribution < -0.4 is 0 Å². The summed E-state index contributed by atoms with van der Waals surface area (Å²) in [6.07, 6.45) is 0. The second kappa shape index (κ2) is 10.2. The fourth-order valence-corrected chi connectivity index (χ4v) is 7.26. The molecule has 46 heavy (non-hydrogen) atoms. The second-order valence-electron chi connectivity index (χ2n) is 12.8. The number of hydrogen-bond acceptors (Lipinski definition) is 2. The van der Waals surface area contributed by atoms with E-state index >= 15 is 0 Å². The minimum atomic E-state index is -0.130. The quantitative estimate of drug-likeness (QED) is 0.204. The van der Waals surface area contributed by atoms with Gasteiger partial charge in [0.1, 0.15) is 11.2 Å². The van der Waals surface area contributed by atoms with Crippen molar-refractivity contribution in [3.8, 4) is 55.9 Å². The van der Waals surface area contributed by atoms with Crippen molar-refractivity contribution in [3.63, 3.8) is 0 Å². The molecule has 0 unspecified atom stereocenters. The summed E-state index contributed by atoms with van der Waals surface area (Å²) in [4.78, 5) is 5.18. The van der Waals surface area contributed by atoms with Crippen molar-refractivity contribution < 1.29 is 4.42 Å². The van der Waals surface area contributed by atoms with Gasteiger partial charge in [0.2, 0.25) is 0 Å². The molecule has 0 fully saturated rings. The summed E-state index contributed by atoms with van der Waals surface area (Å²) in [5.74, 6) is 0. The van der Waals surface area contributed by atoms with Crippen LogP contribution >= 0.6 is 0 Å². The van der Waals surface area contributed by atoms with E-state index in [1.807, 2.05) is 6.07 Å². The maximum absolute atomic E-state index is 6.58. The maximum Gasteiger partial charge on any atom is 0.143 e. The Bertz CT molecular complexity index is 2420. The summed E-state index contributed by atoms with van der Waals surface area (Å²) in [5.41, 5.74) is 15.7. The molecule has 2 heterocycles. The summed E-state index contributed by atoms with van der Waals surface area (Å²) in [6, 6.07) is 54.0. The van der Waals surface area contributed by atoms with Gasteiger partial charge in [-0.15, -0.1) is 0 Å². The van der Waals surface area contributed by atoms with E-state index in [1.54, 1.807) is 0 Å². The molecule has 1 aliphatic carbocycles.